The van der Waals surface area contributed by atoms with Crippen molar-refractivity contribution < 1.29 is 0 Å². The van der Waals surface area contributed by atoms with Gasteiger partial charge in [0.15, 0.2) is 0 Å². The normalized spacial score (nSPS) is 11.1. The van der Waals surface area contributed by atoms with Crippen LogP contribution in [0.3, 0.4) is 0 Å². The molecule has 0 fully saturated rings. The van der Waals surface area contributed by atoms with E-state index in [1.165, 1.54) is 5.56 Å². The summed E-state index contributed by atoms with van der Waals surface area (Å²) in [6, 6.07) is 10.4. The van der Waals surface area contributed by atoms with Crippen LogP contribution in [0.5, 0.6) is 0 Å². The Kier molecular flexibility index (Phi) is 5.00. The zero-order valence-electron chi connectivity index (χ0n) is 9.86. The standard InChI is InChI=1S/C15H21N/c1-3-11-15(16,12-4-2)13-10-14-8-6-5-7-9-14/h3-9H,1-2,10-13,16H2. The minimum absolute atomic E-state index is 0.181. The summed E-state index contributed by atoms with van der Waals surface area (Å²) < 4.78 is 0. The second-order valence-electron chi connectivity index (χ2n) is 4.33. The Balaban J connectivity index is 2.56. The Morgan fingerprint density at radius 2 is 1.62 bits per heavy atom. The van der Waals surface area contributed by atoms with Gasteiger partial charge in [-0.15, -0.1) is 13.2 Å². The fourth-order valence-corrected chi connectivity index (χ4v) is 1.90. The molecule has 0 aliphatic rings. The Morgan fingerprint density at radius 1 is 1.06 bits per heavy atom. The molecule has 1 heteroatoms. The van der Waals surface area contributed by atoms with Gasteiger partial charge in [0.25, 0.3) is 0 Å². The van der Waals surface area contributed by atoms with Gasteiger partial charge in [0.2, 0.25) is 0 Å². The molecule has 2 N–H and O–H groups in total. The number of benzene rings is 1. The smallest absolute Gasteiger partial charge is 0.0227 e. The quantitative estimate of drug-likeness (QED) is 0.692. The first-order chi connectivity index (χ1) is 7.70. The van der Waals surface area contributed by atoms with Crippen LogP contribution in [0.1, 0.15) is 24.8 Å². The Hall–Kier alpha value is -1.34. The van der Waals surface area contributed by atoms with Crippen molar-refractivity contribution in [2.45, 2.75) is 31.2 Å². The van der Waals surface area contributed by atoms with E-state index in [-0.39, 0.29) is 5.54 Å². The van der Waals surface area contributed by atoms with Gasteiger partial charge in [-0.3, -0.25) is 0 Å². The van der Waals surface area contributed by atoms with E-state index < -0.39 is 0 Å². The van der Waals surface area contributed by atoms with Gasteiger partial charge >= 0.3 is 0 Å². The number of nitrogens with two attached hydrogens (primary N) is 1. The molecule has 0 amide bonds. The van der Waals surface area contributed by atoms with Crippen LogP contribution in [0.25, 0.3) is 0 Å². The van der Waals surface area contributed by atoms with E-state index in [4.69, 9.17) is 5.73 Å². The summed E-state index contributed by atoms with van der Waals surface area (Å²) in [4.78, 5) is 0. The zero-order chi connectivity index (χ0) is 11.9. The average Bonchev–Trinajstić information content (AvgIpc) is 2.29. The van der Waals surface area contributed by atoms with E-state index in [9.17, 15) is 0 Å². The third-order valence-electron chi connectivity index (χ3n) is 2.86. The molecule has 0 saturated heterocycles. The van der Waals surface area contributed by atoms with Crippen molar-refractivity contribution in [3.05, 3.63) is 61.2 Å². The maximum absolute atomic E-state index is 6.32. The number of hydrogen-bond donors (Lipinski definition) is 1. The van der Waals surface area contributed by atoms with Gasteiger partial charge < -0.3 is 5.73 Å². The molecule has 86 valence electrons. The van der Waals surface area contributed by atoms with Crippen LogP contribution >= 0.6 is 0 Å². The van der Waals surface area contributed by atoms with Gasteiger partial charge in [0.05, 0.1) is 0 Å². The van der Waals surface area contributed by atoms with Crippen LogP contribution in [-0.4, -0.2) is 5.54 Å². The van der Waals surface area contributed by atoms with Crippen molar-refractivity contribution in [3.8, 4) is 0 Å². The van der Waals surface area contributed by atoms with E-state index >= 15 is 0 Å². The topological polar surface area (TPSA) is 26.0 Å². The molecule has 0 heterocycles. The molecule has 0 aliphatic heterocycles. The third-order valence-corrected chi connectivity index (χ3v) is 2.86. The SMILES string of the molecule is C=CCC(N)(CC=C)CCc1ccccc1. The van der Waals surface area contributed by atoms with Gasteiger partial charge in [-0.25, -0.2) is 0 Å². The van der Waals surface area contributed by atoms with Crippen molar-refractivity contribution in [2.75, 3.05) is 0 Å². The highest BCUT2D eigenvalue weighted by molar-refractivity contribution is 5.15. The number of rotatable bonds is 7. The summed E-state index contributed by atoms with van der Waals surface area (Å²) >= 11 is 0. The first-order valence-corrected chi connectivity index (χ1v) is 5.75. The summed E-state index contributed by atoms with van der Waals surface area (Å²) in [7, 11) is 0. The molecular weight excluding hydrogens is 194 g/mol. The van der Waals surface area contributed by atoms with E-state index in [0.717, 1.165) is 25.7 Å². The molecule has 0 unspecified atom stereocenters. The van der Waals surface area contributed by atoms with Crippen LogP contribution < -0.4 is 5.73 Å². The predicted octanol–water partition coefficient (Wildman–Crippen LogP) is 3.47. The summed E-state index contributed by atoms with van der Waals surface area (Å²) in [5, 5.41) is 0. The summed E-state index contributed by atoms with van der Waals surface area (Å²) in [5.74, 6) is 0. The maximum atomic E-state index is 6.32. The van der Waals surface area contributed by atoms with Crippen LogP contribution in [0, 0.1) is 0 Å². The van der Waals surface area contributed by atoms with E-state index in [2.05, 4.69) is 37.4 Å². The second-order valence-corrected chi connectivity index (χ2v) is 4.33. The lowest BCUT2D eigenvalue weighted by molar-refractivity contribution is 0.402. The fraction of sp³-hybridized carbons (Fsp3) is 0.333. The van der Waals surface area contributed by atoms with Crippen LogP contribution in [0.4, 0.5) is 0 Å². The number of hydrogen-bond acceptors (Lipinski definition) is 1. The minimum Gasteiger partial charge on any atom is -0.325 e. The first kappa shape index (κ1) is 12.7. The van der Waals surface area contributed by atoms with Crippen LogP contribution in [0.2, 0.25) is 0 Å². The second kappa shape index (κ2) is 6.29. The van der Waals surface area contributed by atoms with Gasteiger partial charge in [0.1, 0.15) is 0 Å². The van der Waals surface area contributed by atoms with Crippen LogP contribution in [-0.2, 0) is 6.42 Å². The molecular formula is C15H21N. The Bertz CT molecular complexity index is 317. The summed E-state index contributed by atoms with van der Waals surface area (Å²) in [6.45, 7) is 7.54. The highest BCUT2D eigenvalue weighted by atomic mass is 14.7. The monoisotopic (exact) mass is 215 g/mol. The van der Waals surface area contributed by atoms with E-state index in [0.29, 0.717) is 0 Å². The highest BCUT2D eigenvalue weighted by Crippen LogP contribution is 2.20. The molecule has 0 aromatic heterocycles. The van der Waals surface area contributed by atoms with E-state index in [1.807, 2.05) is 18.2 Å². The molecule has 1 nitrogen and oxygen atoms in total. The molecule has 0 saturated carbocycles. The maximum Gasteiger partial charge on any atom is 0.0227 e. The lowest BCUT2D eigenvalue weighted by Crippen LogP contribution is -2.39. The van der Waals surface area contributed by atoms with Crippen molar-refractivity contribution in [1.29, 1.82) is 0 Å². The van der Waals surface area contributed by atoms with Crippen LogP contribution in [0.15, 0.2) is 55.6 Å². The van der Waals surface area contributed by atoms with Gasteiger partial charge in [-0.2, -0.15) is 0 Å². The van der Waals surface area contributed by atoms with Crippen molar-refractivity contribution in [3.63, 3.8) is 0 Å². The van der Waals surface area contributed by atoms with Gasteiger partial charge in [0, 0.05) is 5.54 Å². The molecule has 16 heavy (non-hydrogen) atoms. The molecule has 1 aromatic rings. The largest absolute Gasteiger partial charge is 0.325 e. The molecule has 0 atom stereocenters. The summed E-state index contributed by atoms with van der Waals surface area (Å²) in [6.07, 6.45) is 7.45. The highest BCUT2D eigenvalue weighted by Gasteiger charge is 2.21. The minimum atomic E-state index is -0.181. The average molecular weight is 215 g/mol. The molecule has 0 aliphatic carbocycles. The van der Waals surface area contributed by atoms with Crippen molar-refractivity contribution >= 4 is 0 Å². The summed E-state index contributed by atoms with van der Waals surface area (Å²) in [5.41, 5.74) is 7.48. The Labute approximate surface area is 98.7 Å². The Morgan fingerprint density at radius 3 is 2.12 bits per heavy atom. The molecule has 0 bridgehead atoms. The van der Waals surface area contributed by atoms with Gasteiger partial charge in [-0.05, 0) is 31.2 Å². The zero-order valence-corrected chi connectivity index (χ0v) is 9.86. The van der Waals surface area contributed by atoms with E-state index in [1.54, 1.807) is 0 Å². The first-order valence-electron chi connectivity index (χ1n) is 5.75. The molecule has 1 rings (SSSR count). The van der Waals surface area contributed by atoms with Crippen molar-refractivity contribution in [1.82, 2.24) is 0 Å². The fourth-order valence-electron chi connectivity index (χ4n) is 1.90. The predicted molar refractivity (Wildman–Crippen MR) is 71.3 cm³/mol. The lowest BCUT2D eigenvalue weighted by Gasteiger charge is -2.27. The molecule has 1 aromatic carbocycles. The van der Waals surface area contributed by atoms with Gasteiger partial charge in [-0.1, -0.05) is 42.5 Å². The molecule has 0 radical (unpaired) electrons. The lowest BCUT2D eigenvalue weighted by atomic mass is 9.86. The molecule has 0 spiro atoms. The third kappa shape index (κ3) is 4.03. The number of aryl methyl sites for hydroxylation is 1. The van der Waals surface area contributed by atoms with Crippen molar-refractivity contribution in [2.24, 2.45) is 5.73 Å².